The quantitative estimate of drug-likeness (QED) is 0.827. The number of thioether (sulfide) groups is 1. The summed E-state index contributed by atoms with van der Waals surface area (Å²) in [4.78, 5) is 15.1. The second kappa shape index (κ2) is 5.55. The van der Waals surface area contributed by atoms with Gasteiger partial charge in [-0.2, -0.15) is 0 Å². The minimum atomic E-state index is -1.06. The zero-order chi connectivity index (χ0) is 13.1. The van der Waals surface area contributed by atoms with Crippen LogP contribution in [0.5, 0.6) is 0 Å². The summed E-state index contributed by atoms with van der Waals surface area (Å²) in [6.45, 7) is 0. The lowest BCUT2D eigenvalue weighted by molar-refractivity contribution is 0.0692. The second-order valence-electron chi connectivity index (χ2n) is 3.07. The van der Waals surface area contributed by atoms with Gasteiger partial charge >= 0.3 is 5.97 Å². The van der Waals surface area contributed by atoms with Gasteiger partial charge in [-0.1, -0.05) is 23.1 Å². The number of anilines is 1. The van der Waals surface area contributed by atoms with Gasteiger partial charge in [-0.25, -0.2) is 9.78 Å². The number of hydrogen-bond donors (Lipinski definition) is 2. The maximum Gasteiger partial charge on any atom is 0.338 e. The number of pyridine rings is 1. The molecule has 0 spiro atoms. The van der Waals surface area contributed by atoms with E-state index in [0.717, 1.165) is 4.34 Å². The molecular formula is C9H8N4O2S3. The van der Waals surface area contributed by atoms with Crippen molar-refractivity contribution < 1.29 is 9.90 Å². The van der Waals surface area contributed by atoms with Crippen molar-refractivity contribution in [1.82, 2.24) is 15.2 Å². The lowest BCUT2D eigenvalue weighted by atomic mass is 10.3. The van der Waals surface area contributed by atoms with Crippen LogP contribution in [-0.4, -0.2) is 32.5 Å². The molecule has 2 rings (SSSR count). The molecule has 0 aliphatic carbocycles. The molecule has 0 bridgehead atoms. The van der Waals surface area contributed by atoms with E-state index < -0.39 is 5.97 Å². The Morgan fingerprint density at radius 2 is 2.17 bits per heavy atom. The van der Waals surface area contributed by atoms with Gasteiger partial charge in [0.2, 0.25) is 0 Å². The summed E-state index contributed by atoms with van der Waals surface area (Å²) in [6.07, 6.45) is 3.32. The number of carbonyl (C=O) groups is 1. The molecule has 0 unspecified atom stereocenters. The molecule has 0 amide bonds. The van der Waals surface area contributed by atoms with Crippen LogP contribution in [0.3, 0.4) is 0 Å². The molecule has 0 fully saturated rings. The van der Waals surface area contributed by atoms with Crippen molar-refractivity contribution in [3.63, 3.8) is 0 Å². The van der Waals surface area contributed by atoms with Crippen LogP contribution in [-0.2, 0) is 0 Å². The van der Waals surface area contributed by atoms with Gasteiger partial charge in [-0.15, -0.1) is 10.2 Å². The summed E-state index contributed by atoms with van der Waals surface area (Å²) >= 11 is 4.05. The van der Waals surface area contributed by atoms with Gasteiger partial charge in [0.05, 0.1) is 17.4 Å². The van der Waals surface area contributed by atoms with E-state index in [0.29, 0.717) is 15.1 Å². The Kier molecular flexibility index (Phi) is 4.04. The standard InChI is InChI=1S/C9H8N4O2S3/c1-16-8-12-13-9(18-8)17-6-5(7(14)15)2-4(10)3-11-6/h2-3H,10H2,1H3,(H,14,15). The fraction of sp³-hybridized carbons (Fsp3) is 0.111. The Labute approximate surface area is 115 Å². The second-order valence-corrected chi connectivity index (χ2v) is 6.33. The smallest absolute Gasteiger partial charge is 0.338 e. The Morgan fingerprint density at radius 1 is 1.44 bits per heavy atom. The molecule has 3 N–H and O–H groups in total. The number of carboxylic acids is 1. The molecule has 2 heterocycles. The van der Waals surface area contributed by atoms with Gasteiger partial charge in [0.1, 0.15) is 5.03 Å². The average molecular weight is 300 g/mol. The van der Waals surface area contributed by atoms with Gasteiger partial charge in [0.15, 0.2) is 8.68 Å². The summed E-state index contributed by atoms with van der Waals surface area (Å²) < 4.78 is 1.48. The molecule has 0 aromatic carbocycles. The molecule has 94 valence electrons. The van der Waals surface area contributed by atoms with Crippen LogP contribution in [0.2, 0.25) is 0 Å². The largest absolute Gasteiger partial charge is 0.478 e. The third-order valence-corrected chi connectivity index (χ3v) is 4.82. The number of aromatic carboxylic acids is 1. The normalized spacial score (nSPS) is 10.5. The molecule has 9 heteroatoms. The maximum atomic E-state index is 11.1. The fourth-order valence-electron chi connectivity index (χ4n) is 1.11. The molecular weight excluding hydrogens is 292 g/mol. The van der Waals surface area contributed by atoms with Gasteiger partial charge in [0, 0.05) is 0 Å². The topological polar surface area (TPSA) is 102 Å². The first-order valence-electron chi connectivity index (χ1n) is 4.64. The first kappa shape index (κ1) is 13.1. The lowest BCUT2D eigenvalue weighted by Gasteiger charge is -2.02. The van der Waals surface area contributed by atoms with Crippen LogP contribution in [0.25, 0.3) is 0 Å². The van der Waals surface area contributed by atoms with Crippen LogP contribution in [0.4, 0.5) is 5.69 Å². The van der Waals surface area contributed by atoms with Gasteiger partial charge < -0.3 is 10.8 Å². The molecule has 0 saturated carbocycles. The number of nitrogens with two attached hydrogens (primary N) is 1. The number of aromatic nitrogens is 3. The van der Waals surface area contributed by atoms with Gasteiger partial charge in [0.25, 0.3) is 0 Å². The Hall–Kier alpha value is -1.32. The Morgan fingerprint density at radius 3 is 2.78 bits per heavy atom. The lowest BCUT2D eigenvalue weighted by Crippen LogP contribution is -2.02. The molecule has 0 aliphatic rings. The van der Waals surface area contributed by atoms with Crippen molar-refractivity contribution in [2.24, 2.45) is 0 Å². The number of hydrogen-bond acceptors (Lipinski definition) is 8. The van der Waals surface area contributed by atoms with Crippen molar-refractivity contribution in [2.75, 3.05) is 12.0 Å². The predicted octanol–water partition coefficient (Wildman–Crippen LogP) is 2.09. The highest BCUT2D eigenvalue weighted by molar-refractivity contribution is 8.03. The SMILES string of the molecule is CSc1nnc(Sc2ncc(N)cc2C(=O)O)s1. The summed E-state index contributed by atoms with van der Waals surface area (Å²) in [5.74, 6) is -1.06. The van der Waals surface area contributed by atoms with Crippen molar-refractivity contribution in [3.8, 4) is 0 Å². The highest BCUT2D eigenvalue weighted by Crippen LogP contribution is 2.33. The highest BCUT2D eigenvalue weighted by Gasteiger charge is 2.15. The zero-order valence-corrected chi connectivity index (χ0v) is 11.6. The van der Waals surface area contributed by atoms with E-state index in [9.17, 15) is 4.79 Å². The number of carboxylic acid groups (broad SMARTS) is 1. The minimum Gasteiger partial charge on any atom is -0.478 e. The van der Waals surface area contributed by atoms with E-state index in [1.54, 1.807) is 0 Å². The van der Waals surface area contributed by atoms with Gasteiger partial charge in [-0.3, -0.25) is 0 Å². The predicted molar refractivity (Wildman–Crippen MR) is 71.4 cm³/mol. The molecule has 0 atom stereocenters. The molecule has 6 nitrogen and oxygen atoms in total. The van der Waals surface area contributed by atoms with Crippen LogP contribution in [0, 0.1) is 0 Å². The van der Waals surface area contributed by atoms with Crippen molar-refractivity contribution >= 4 is 46.5 Å². The first-order chi connectivity index (χ1) is 8.60. The summed E-state index contributed by atoms with van der Waals surface area (Å²) in [7, 11) is 0. The van der Waals surface area contributed by atoms with Crippen LogP contribution in [0.15, 0.2) is 26.0 Å². The van der Waals surface area contributed by atoms with E-state index >= 15 is 0 Å². The number of rotatable bonds is 4. The highest BCUT2D eigenvalue weighted by atomic mass is 32.2. The molecule has 0 saturated heterocycles. The maximum absolute atomic E-state index is 11.1. The first-order valence-corrected chi connectivity index (χ1v) is 7.50. The van der Waals surface area contributed by atoms with E-state index in [4.69, 9.17) is 10.8 Å². The van der Waals surface area contributed by atoms with E-state index in [1.807, 2.05) is 6.26 Å². The molecule has 0 aliphatic heterocycles. The van der Waals surface area contributed by atoms with Crippen molar-refractivity contribution in [1.29, 1.82) is 0 Å². The summed E-state index contributed by atoms with van der Waals surface area (Å²) in [5, 5.41) is 17.3. The van der Waals surface area contributed by atoms with E-state index in [1.165, 1.54) is 47.1 Å². The third kappa shape index (κ3) is 2.92. The fourth-order valence-corrected chi connectivity index (χ4v) is 3.52. The zero-order valence-electron chi connectivity index (χ0n) is 9.15. The van der Waals surface area contributed by atoms with Crippen LogP contribution >= 0.6 is 34.9 Å². The number of nitrogen functional groups attached to an aromatic ring is 1. The monoisotopic (exact) mass is 300 g/mol. The number of nitrogens with zero attached hydrogens (tertiary/aromatic N) is 3. The van der Waals surface area contributed by atoms with Gasteiger partial charge in [-0.05, 0) is 24.1 Å². The summed E-state index contributed by atoms with van der Waals surface area (Å²) in [6, 6.07) is 1.38. The average Bonchev–Trinajstić information content (AvgIpc) is 2.79. The third-order valence-electron chi connectivity index (χ3n) is 1.85. The van der Waals surface area contributed by atoms with Crippen molar-refractivity contribution in [2.45, 2.75) is 13.7 Å². The minimum absolute atomic E-state index is 0.0703. The Bertz CT molecular complexity index is 587. The molecule has 2 aromatic heterocycles. The van der Waals surface area contributed by atoms with Crippen LogP contribution < -0.4 is 5.73 Å². The van der Waals surface area contributed by atoms with Crippen LogP contribution in [0.1, 0.15) is 10.4 Å². The molecule has 0 radical (unpaired) electrons. The Balaban J connectivity index is 2.30. The molecule has 18 heavy (non-hydrogen) atoms. The van der Waals surface area contributed by atoms with E-state index in [2.05, 4.69) is 15.2 Å². The van der Waals surface area contributed by atoms with Crippen molar-refractivity contribution in [3.05, 3.63) is 17.8 Å². The van der Waals surface area contributed by atoms with E-state index in [-0.39, 0.29) is 5.56 Å². The summed E-state index contributed by atoms with van der Waals surface area (Å²) in [5.41, 5.74) is 5.91. The molecule has 2 aromatic rings.